The summed E-state index contributed by atoms with van der Waals surface area (Å²) in [6, 6.07) is 29.0. The molecule has 2 amide bonds. The van der Waals surface area contributed by atoms with Gasteiger partial charge in [-0.25, -0.2) is 14.4 Å². The molecule has 2 aliphatic carbocycles. The number of anilines is 2. The van der Waals surface area contributed by atoms with Gasteiger partial charge >= 0.3 is 18.6 Å². The molecule has 2 aliphatic rings. The largest absolute Gasteiger partial charge is 0.481 e. The highest BCUT2D eigenvalue weighted by molar-refractivity contribution is 7.14. The van der Waals surface area contributed by atoms with Gasteiger partial charge in [-0.15, -0.1) is 22.7 Å². The number of carbonyl (C=O) groups excluding carboxylic acids is 2. The SMILES string of the molecule is O=C(O)C[C@@H](Cc1ccccc1)C(=O)N(c1nc(-c2cc(F)ccc2Cl)cs1)C1CC1.O=C(O)C[C@@H](Cc1ccccc1)C(=O)N(c1nc(-c2cccc(OC(F)F)c2)cs1)C1CC1. The highest BCUT2D eigenvalue weighted by atomic mass is 35.5. The van der Waals surface area contributed by atoms with Crippen LogP contribution in [-0.2, 0) is 32.0 Å². The quantitative estimate of drug-likeness (QED) is 0.0858. The molecule has 2 atom stereocenters. The molecule has 2 aromatic heterocycles. The molecule has 64 heavy (non-hydrogen) atoms. The third kappa shape index (κ3) is 12.3. The molecule has 0 bridgehead atoms. The number of halogens is 4. The van der Waals surface area contributed by atoms with Crippen LogP contribution in [0.4, 0.5) is 23.4 Å². The van der Waals surface area contributed by atoms with E-state index in [1.54, 1.807) is 32.7 Å². The van der Waals surface area contributed by atoms with Crippen LogP contribution in [0.3, 0.4) is 0 Å². The summed E-state index contributed by atoms with van der Waals surface area (Å²) in [4.78, 5) is 62.3. The summed E-state index contributed by atoms with van der Waals surface area (Å²) in [7, 11) is 0. The second-order valence-corrected chi connectivity index (χ2v) is 17.5. The van der Waals surface area contributed by atoms with E-state index in [0.29, 0.717) is 50.6 Å². The van der Waals surface area contributed by atoms with E-state index in [2.05, 4.69) is 14.7 Å². The number of aromatic nitrogens is 2. The molecular formula is C47H42ClF3N4O7S2. The lowest BCUT2D eigenvalue weighted by atomic mass is 9.94. The van der Waals surface area contributed by atoms with Crippen LogP contribution >= 0.6 is 34.3 Å². The Kier molecular flexibility index (Phi) is 15.1. The predicted molar refractivity (Wildman–Crippen MR) is 239 cm³/mol. The van der Waals surface area contributed by atoms with Gasteiger partial charge in [0.15, 0.2) is 10.3 Å². The van der Waals surface area contributed by atoms with E-state index < -0.39 is 36.2 Å². The first-order valence-electron chi connectivity index (χ1n) is 20.4. The molecule has 0 unspecified atom stereocenters. The van der Waals surface area contributed by atoms with Gasteiger partial charge in [-0.3, -0.25) is 29.0 Å². The second-order valence-electron chi connectivity index (χ2n) is 15.4. The molecule has 11 nitrogen and oxygen atoms in total. The van der Waals surface area contributed by atoms with Crippen LogP contribution in [-0.4, -0.2) is 62.6 Å². The first-order chi connectivity index (χ1) is 30.8. The normalized spacial score (nSPS) is 14.2. The van der Waals surface area contributed by atoms with Gasteiger partial charge in [0.1, 0.15) is 11.6 Å². The molecule has 17 heteroatoms. The maximum absolute atomic E-state index is 13.7. The first-order valence-corrected chi connectivity index (χ1v) is 22.6. The molecular weight excluding hydrogens is 889 g/mol. The maximum Gasteiger partial charge on any atom is 0.387 e. The second kappa shape index (κ2) is 21.1. The predicted octanol–water partition coefficient (Wildman–Crippen LogP) is 10.7. The molecule has 0 aliphatic heterocycles. The summed E-state index contributed by atoms with van der Waals surface area (Å²) >= 11 is 8.75. The van der Waals surface area contributed by atoms with Crippen LogP contribution in [0.1, 0.15) is 49.7 Å². The average molecular weight is 931 g/mol. The Balaban J connectivity index is 0.000000192. The number of carboxylic acids is 2. The highest BCUT2D eigenvalue weighted by Gasteiger charge is 2.40. The van der Waals surface area contributed by atoms with E-state index in [4.69, 9.17) is 11.6 Å². The number of benzene rings is 4. The van der Waals surface area contributed by atoms with Crippen molar-refractivity contribution >= 4 is 68.3 Å². The monoisotopic (exact) mass is 930 g/mol. The van der Waals surface area contributed by atoms with E-state index in [-0.39, 0.29) is 42.5 Å². The molecule has 332 valence electrons. The minimum atomic E-state index is -2.93. The number of carboxylic acid groups (broad SMARTS) is 2. The number of nitrogens with zero attached hydrogens (tertiary/aromatic N) is 4. The summed E-state index contributed by atoms with van der Waals surface area (Å²) in [6.45, 7) is -2.93. The third-order valence-corrected chi connectivity index (χ3v) is 12.5. The molecule has 0 spiro atoms. The van der Waals surface area contributed by atoms with Gasteiger partial charge in [0.2, 0.25) is 11.8 Å². The Morgan fingerprint density at radius 3 is 1.67 bits per heavy atom. The Hall–Kier alpha value is -6.10. The van der Waals surface area contributed by atoms with Crippen molar-refractivity contribution in [2.45, 2.75) is 70.1 Å². The number of thiazole rings is 2. The molecule has 0 saturated heterocycles. The summed E-state index contributed by atoms with van der Waals surface area (Å²) in [5.41, 5.74) is 3.86. The number of carbonyl (C=O) groups is 4. The fourth-order valence-corrected chi connectivity index (χ4v) is 9.19. The van der Waals surface area contributed by atoms with E-state index in [1.165, 1.54) is 53.0 Å². The maximum atomic E-state index is 13.7. The van der Waals surface area contributed by atoms with Crippen molar-refractivity contribution < 1.29 is 47.3 Å². The lowest BCUT2D eigenvalue weighted by Crippen LogP contribution is -2.39. The highest BCUT2D eigenvalue weighted by Crippen LogP contribution is 2.40. The van der Waals surface area contributed by atoms with Crippen molar-refractivity contribution in [3.8, 4) is 28.3 Å². The Labute approximate surface area is 379 Å². The van der Waals surface area contributed by atoms with Gasteiger partial charge < -0.3 is 14.9 Å². The first kappa shape index (κ1) is 45.9. The number of alkyl halides is 2. The Morgan fingerprint density at radius 1 is 0.688 bits per heavy atom. The zero-order valence-electron chi connectivity index (χ0n) is 34.1. The topological polar surface area (TPSA) is 150 Å². The van der Waals surface area contributed by atoms with Crippen LogP contribution in [0, 0.1) is 17.7 Å². The van der Waals surface area contributed by atoms with Crippen molar-refractivity contribution in [3.63, 3.8) is 0 Å². The summed E-state index contributed by atoms with van der Waals surface area (Å²) in [6.07, 6.45) is 3.45. The van der Waals surface area contributed by atoms with Crippen molar-refractivity contribution in [3.05, 3.63) is 136 Å². The number of hydrogen-bond donors (Lipinski definition) is 2. The molecule has 8 rings (SSSR count). The number of aliphatic carboxylic acids is 2. The van der Waals surface area contributed by atoms with Crippen LogP contribution < -0.4 is 14.5 Å². The number of rotatable bonds is 18. The van der Waals surface area contributed by atoms with Crippen LogP contribution in [0.15, 0.2) is 114 Å². The smallest absolute Gasteiger partial charge is 0.387 e. The van der Waals surface area contributed by atoms with Crippen molar-refractivity contribution in [2.75, 3.05) is 9.80 Å². The zero-order valence-corrected chi connectivity index (χ0v) is 36.5. The van der Waals surface area contributed by atoms with Crippen LogP contribution in [0.2, 0.25) is 5.02 Å². The average Bonchev–Trinajstić information content (AvgIpc) is 4.19. The van der Waals surface area contributed by atoms with Crippen molar-refractivity contribution in [1.29, 1.82) is 0 Å². The molecule has 2 fully saturated rings. The van der Waals surface area contributed by atoms with Gasteiger partial charge in [0, 0.05) is 34.0 Å². The van der Waals surface area contributed by atoms with Crippen LogP contribution in [0.5, 0.6) is 5.75 Å². The van der Waals surface area contributed by atoms with Gasteiger partial charge in [-0.1, -0.05) is 84.4 Å². The molecule has 2 saturated carbocycles. The van der Waals surface area contributed by atoms with E-state index in [9.17, 15) is 42.6 Å². The summed E-state index contributed by atoms with van der Waals surface area (Å²) in [5, 5.41) is 23.6. The molecule has 6 aromatic rings. The summed E-state index contributed by atoms with van der Waals surface area (Å²) in [5.74, 6) is -4.39. The molecule has 2 heterocycles. The third-order valence-electron chi connectivity index (χ3n) is 10.4. The Morgan fingerprint density at radius 2 is 1.19 bits per heavy atom. The van der Waals surface area contributed by atoms with Gasteiger partial charge in [0.25, 0.3) is 0 Å². The molecule has 2 N–H and O–H groups in total. The van der Waals surface area contributed by atoms with Crippen molar-refractivity contribution in [2.24, 2.45) is 11.8 Å². The minimum Gasteiger partial charge on any atom is -0.481 e. The lowest BCUT2D eigenvalue weighted by molar-refractivity contribution is -0.141. The zero-order chi connectivity index (χ0) is 45.3. The number of amides is 2. The number of hydrogen-bond acceptors (Lipinski definition) is 9. The fourth-order valence-electron chi connectivity index (χ4n) is 7.16. The molecule has 4 aromatic carbocycles. The van der Waals surface area contributed by atoms with Crippen LogP contribution in [0.25, 0.3) is 22.5 Å². The van der Waals surface area contributed by atoms with Gasteiger partial charge in [0.05, 0.1) is 41.1 Å². The standard InChI is InChI=1S/C24H22F2N2O4S.C23H20ClFN2O3S/c25-23(26)32-19-8-4-7-16(12-19)20-14-33-24(27-20)28(18-9-10-18)22(31)17(13-21(29)30)11-15-5-2-1-3-6-15;24-19-9-6-16(25)12-18(19)20-13-31-23(26-20)27(17-7-8-17)22(30)15(11-21(28)29)10-14-4-2-1-3-5-14/h1-8,12,14,17-18,23H,9-11,13H2,(H,29,30);1-6,9,12-13,15,17H,7-8,10-11H2,(H,28,29)/t17-;15-/m11/s1. The van der Waals surface area contributed by atoms with Gasteiger partial charge in [-0.2, -0.15) is 8.78 Å². The van der Waals surface area contributed by atoms with Gasteiger partial charge in [-0.05, 0) is 80.0 Å². The van der Waals surface area contributed by atoms with Crippen molar-refractivity contribution in [1.82, 2.24) is 9.97 Å². The Bertz CT molecular complexity index is 2570. The molecule has 0 radical (unpaired) electrons. The fraction of sp³-hybridized carbons (Fsp3) is 0.277. The minimum absolute atomic E-state index is 0.00143. The van der Waals surface area contributed by atoms with E-state index in [1.807, 2.05) is 60.7 Å². The van der Waals surface area contributed by atoms with E-state index >= 15 is 0 Å². The number of ether oxygens (including phenoxy) is 1. The van der Waals surface area contributed by atoms with E-state index in [0.717, 1.165) is 36.8 Å². The summed E-state index contributed by atoms with van der Waals surface area (Å²) < 4.78 is 43.3. The lowest BCUT2D eigenvalue weighted by Gasteiger charge is -2.24.